The minimum absolute atomic E-state index is 0.0964. The molecule has 0 radical (unpaired) electrons. The van der Waals surface area contributed by atoms with Crippen LogP contribution in [0.3, 0.4) is 0 Å². The number of aliphatic hydroxyl groups is 1. The van der Waals surface area contributed by atoms with Crippen molar-refractivity contribution in [1.82, 2.24) is 9.80 Å². The number of carbonyl (C=O) groups is 1. The number of amides is 1. The van der Waals surface area contributed by atoms with Crippen molar-refractivity contribution in [1.29, 1.82) is 0 Å². The number of nitrogens with zero attached hydrogens (tertiary/aromatic N) is 2. The summed E-state index contributed by atoms with van der Waals surface area (Å²) < 4.78 is 5.52. The van der Waals surface area contributed by atoms with Crippen LogP contribution >= 0.6 is 0 Å². The topological polar surface area (TPSA) is 79.0 Å². The zero-order valence-electron chi connectivity index (χ0n) is 12.4. The van der Waals surface area contributed by atoms with Crippen LogP contribution in [0.15, 0.2) is 24.3 Å². The molecule has 1 amide bonds. The highest BCUT2D eigenvalue weighted by Crippen LogP contribution is 2.13. The molecule has 116 valence electrons. The van der Waals surface area contributed by atoms with Gasteiger partial charge in [-0.25, -0.2) is 0 Å². The number of rotatable bonds is 5. The van der Waals surface area contributed by atoms with Crippen LogP contribution in [-0.4, -0.2) is 66.8 Å². The van der Waals surface area contributed by atoms with Gasteiger partial charge in [0, 0.05) is 32.4 Å². The highest BCUT2D eigenvalue weighted by Gasteiger charge is 2.21. The highest BCUT2D eigenvalue weighted by atomic mass is 16.5. The smallest absolute Gasteiger partial charge is 0.236 e. The molecule has 0 spiro atoms. The molecular formula is C15H23N3O3. The Morgan fingerprint density at radius 3 is 2.76 bits per heavy atom. The molecule has 1 unspecified atom stereocenters. The number of benzene rings is 1. The van der Waals surface area contributed by atoms with Gasteiger partial charge >= 0.3 is 0 Å². The fourth-order valence-corrected chi connectivity index (χ4v) is 2.31. The number of anilines is 1. The number of hydrogen-bond donors (Lipinski definition) is 2. The van der Waals surface area contributed by atoms with Gasteiger partial charge in [0.25, 0.3) is 0 Å². The first-order chi connectivity index (χ1) is 10.0. The summed E-state index contributed by atoms with van der Waals surface area (Å²) in [6, 6.07) is 7.05. The Morgan fingerprint density at radius 1 is 1.33 bits per heavy atom. The molecule has 1 aromatic rings. The molecule has 6 nitrogen and oxygen atoms in total. The molecular weight excluding hydrogens is 270 g/mol. The van der Waals surface area contributed by atoms with E-state index in [4.69, 9.17) is 10.5 Å². The van der Waals surface area contributed by atoms with Gasteiger partial charge < -0.3 is 20.5 Å². The second-order valence-electron chi connectivity index (χ2n) is 5.44. The molecule has 1 heterocycles. The monoisotopic (exact) mass is 293 g/mol. The second-order valence-corrected chi connectivity index (χ2v) is 5.44. The van der Waals surface area contributed by atoms with Crippen molar-refractivity contribution in [3.8, 4) is 5.75 Å². The number of nitrogen functional groups attached to an aromatic ring is 1. The zero-order chi connectivity index (χ0) is 15.2. The highest BCUT2D eigenvalue weighted by molar-refractivity contribution is 5.78. The lowest BCUT2D eigenvalue weighted by molar-refractivity contribution is -0.130. The lowest BCUT2D eigenvalue weighted by Crippen LogP contribution is -2.40. The maximum atomic E-state index is 11.8. The SMILES string of the molecule is CN1CCCN(CC(O)COc2ccc(N)cc2)CC1=O. The molecule has 3 N–H and O–H groups in total. The van der Waals surface area contributed by atoms with E-state index in [-0.39, 0.29) is 12.5 Å². The van der Waals surface area contributed by atoms with Crippen LogP contribution in [0.4, 0.5) is 5.69 Å². The first-order valence-electron chi connectivity index (χ1n) is 7.17. The Morgan fingerprint density at radius 2 is 2.05 bits per heavy atom. The minimum atomic E-state index is -0.626. The van der Waals surface area contributed by atoms with Crippen LogP contribution in [0.1, 0.15) is 6.42 Å². The van der Waals surface area contributed by atoms with Gasteiger partial charge in [-0.1, -0.05) is 0 Å². The largest absolute Gasteiger partial charge is 0.491 e. The maximum absolute atomic E-state index is 11.8. The Bertz CT molecular complexity index is 464. The normalized spacial score (nSPS) is 18.4. The number of hydrogen-bond acceptors (Lipinski definition) is 5. The van der Waals surface area contributed by atoms with Crippen molar-refractivity contribution in [3.05, 3.63) is 24.3 Å². The van der Waals surface area contributed by atoms with E-state index in [0.717, 1.165) is 19.5 Å². The Hall–Kier alpha value is -1.79. The summed E-state index contributed by atoms with van der Waals surface area (Å²) in [5.41, 5.74) is 6.27. The summed E-state index contributed by atoms with van der Waals surface area (Å²) in [5, 5.41) is 10.0. The lowest BCUT2D eigenvalue weighted by atomic mass is 10.3. The van der Waals surface area contributed by atoms with E-state index in [0.29, 0.717) is 24.5 Å². The van der Waals surface area contributed by atoms with Gasteiger partial charge in [-0.3, -0.25) is 9.69 Å². The Balaban J connectivity index is 1.77. The van der Waals surface area contributed by atoms with Gasteiger partial charge in [0.2, 0.25) is 5.91 Å². The molecule has 0 aliphatic carbocycles. The third kappa shape index (κ3) is 4.91. The van der Waals surface area contributed by atoms with E-state index in [2.05, 4.69) is 0 Å². The summed E-state index contributed by atoms with van der Waals surface area (Å²) >= 11 is 0. The van der Waals surface area contributed by atoms with Crippen LogP contribution in [0, 0.1) is 0 Å². The molecule has 6 heteroatoms. The summed E-state index contributed by atoms with van der Waals surface area (Å²) in [6.07, 6.45) is 0.298. The molecule has 1 aliphatic rings. The fourth-order valence-electron chi connectivity index (χ4n) is 2.31. The molecule has 0 aromatic heterocycles. The molecule has 1 saturated heterocycles. The Labute approximate surface area is 125 Å². The number of likely N-dealkylation sites (N-methyl/N-ethyl adjacent to an activating group) is 1. The summed E-state index contributed by atoms with van der Waals surface area (Å²) in [7, 11) is 1.81. The van der Waals surface area contributed by atoms with E-state index >= 15 is 0 Å². The van der Waals surface area contributed by atoms with Crippen molar-refractivity contribution in [2.75, 3.05) is 45.6 Å². The average Bonchev–Trinajstić information content (AvgIpc) is 2.60. The Kier molecular flexibility index (Phi) is 5.41. The van der Waals surface area contributed by atoms with Crippen LogP contribution in [0.2, 0.25) is 0 Å². The van der Waals surface area contributed by atoms with Gasteiger partial charge in [0.15, 0.2) is 0 Å². The van der Waals surface area contributed by atoms with Crippen LogP contribution in [0.25, 0.3) is 0 Å². The third-order valence-electron chi connectivity index (χ3n) is 3.54. The standard InChI is InChI=1S/C15H23N3O3/c1-17-7-2-8-18(10-15(17)20)9-13(19)11-21-14-5-3-12(16)4-6-14/h3-6,13,19H,2,7-11,16H2,1H3. The van der Waals surface area contributed by atoms with Gasteiger partial charge in [0.05, 0.1) is 6.54 Å². The average molecular weight is 293 g/mol. The number of carbonyl (C=O) groups excluding carboxylic acids is 1. The van der Waals surface area contributed by atoms with Crippen molar-refractivity contribution in [2.45, 2.75) is 12.5 Å². The minimum Gasteiger partial charge on any atom is -0.491 e. The number of ether oxygens (including phenoxy) is 1. The summed E-state index contributed by atoms with van der Waals surface area (Å²) in [6.45, 7) is 2.58. The number of aliphatic hydroxyl groups excluding tert-OH is 1. The van der Waals surface area contributed by atoms with Gasteiger partial charge in [0.1, 0.15) is 18.5 Å². The first-order valence-corrected chi connectivity index (χ1v) is 7.17. The van der Waals surface area contributed by atoms with Crippen molar-refractivity contribution in [2.24, 2.45) is 0 Å². The van der Waals surface area contributed by atoms with Crippen molar-refractivity contribution < 1.29 is 14.6 Å². The van der Waals surface area contributed by atoms with Gasteiger partial charge in [-0.2, -0.15) is 0 Å². The zero-order valence-corrected chi connectivity index (χ0v) is 12.4. The first kappa shape index (κ1) is 15.6. The van der Waals surface area contributed by atoms with Crippen LogP contribution in [-0.2, 0) is 4.79 Å². The molecule has 2 rings (SSSR count). The van der Waals surface area contributed by atoms with E-state index in [1.54, 1.807) is 29.2 Å². The summed E-state index contributed by atoms with van der Waals surface area (Å²) in [5.74, 6) is 0.772. The van der Waals surface area contributed by atoms with E-state index in [9.17, 15) is 9.90 Å². The van der Waals surface area contributed by atoms with E-state index < -0.39 is 6.10 Å². The maximum Gasteiger partial charge on any atom is 0.236 e. The van der Waals surface area contributed by atoms with E-state index in [1.165, 1.54) is 0 Å². The molecule has 0 bridgehead atoms. The van der Waals surface area contributed by atoms with Crippen molar-refractivity contribution in [3.63, 3.8) is 0 Å². The molecule has 1 aromatic carbocycles. The lowest BCUT2D eigenvalue weighted by Gasteiger charge is -2.22. The van der Waals surface area contributed by atoms with Gasteiger partial charge in [-0.05, 0) is 30.7 Å². The van der Waals surface area contributed by atoms with Gasteiger partial charge in [-0.15, -0.1) is 0 Å². The predicted octanol–water partition coefficient (Wildman–Crippen LogP) is 0.173. The molecule has 0 saturated carbocycles. The van der Waals surface area contributed by atoms with E-state index in [1.807, 2.05) is 11.9 Å². The molecule has 1 aliphatic heterocycles. The van der Waals surface area contributed by atoms with Crippen molar-refractivity contribution >= 4 is 11.6 Å². The molecule has 1 atom stereocenters. The fraction of sp³-hybridized carbons (Fsp3) is 0.533. The van der Waals surface area contributed by atoms with Crippen LogP contribution < -0.4 is 10.5 Å². The third-order valence-corrected chi connectivity index (χ3v) is 3.54. The van der Waals surface area contributed by atoms with Crippen LogP contribution in [0.5, 0.6) is 5.75 Å². The number of nitrogens with two attached hydrogens (primary N) is 1. The second kappa shape index (κ2) is 7.28. The molecule has 21 heavy (non-hydrogen) atoms. The quantitative estimate of drug-likeness (QED) is 0.757. The predicted molar refractivity (Wildman–Crippen MR) is 81.1 cm³/mol. The summed E-state index contributed by atoms with van der Waals surface area (Å²) in [4.78, 5) is 15.5. The number of β-amino-alcohol motifs (C(OH)–C–C–N with tert-alkyl or cyclic N) is 1. The molecule has 1 fully saturated rings.